The van der Waals surface area contributed by atoms with E-state index in [1.165, 1.54) is 24.2 Å². The lowest BCUT2D eigenvalue weighted by molar-refractivity contribution is -0.142. The number of hydrogen-bond acceptors (Lipinski definition) is 4. The highest BCUT2D eigenvalue weighted by molar-refractivity contribution is 6.07. The summed E-state index contributed by atoms with van der Waals surface area (Å²) in [4.78, 5) is 50.0. The number of rotatable bonds is 6. The summed E-state index contributed by atoms with van der Waals surface area (Å²) in [6, 6.07) is -1.41. The van der Waals surface area contributed by atoms with E-state index >= 15 is 0 Å². The molecule has 0 aromatic carbocycles. The molecule has 3 rings (SSSR count). The molecular formula is C18H27N3O4. The quantitative estimate of drug-likeness (QED) is 0.696. The Bertz CT molecular complexity index is 567. The van der Waals surface area contributed by atoms with E-state index in [9.17, 15) is 19.2 Å². The van der Waals surface area contributed by atoms with Crippen LogP contribution in [0.15, 0.2) is 0 Å². The van der Waals surface area contributed by atoms with Crippen molar-refractivity contribution < 1.29 is 19.2 Å². The van der Waals surface area contributed by atoms with Crippen LogP contribution < -0.4 is 10.6 Å². The van der Waals surface area contributed by atoms with Crippen molar-refractivity contribution in [2.75, 3.05) is 0 Å². The highest BCUT2D eigenvalue weighted by atomic mass is 16.2. The lowest BCUT2D eigenvalue weighted by Gasteiger charge is -2.30. The van der Waals surface area contributed by atoms with Crippen LogP contribution >= 0.6 is 0 Å². The maximum absolute atomic E-state index is 12.8. The van der Waals surface area contributed by atoms with Crippen LogP contribution in [0.25, 0.3) is 0 Å². The average molecular weight is 349 g/mol. The fourth-order valence-corrected chi connectivity index (χ4v) is 3.94. The minimum atomic E-state index is -0.731. The Kier molecular flexibility index (Phi) is 5.39. The normalized spacial score (nSPS) is 25.4. The second-order valence-corrected chi connectivity index (χ2v) is 7.61. The van der Waals surface area contributed by atoms with Gasteiger partial charge in [0.2, 0.25) is 23.6 Å². The van der Waals surface area contributed by atoms with Crippen LogP contribution in [0.4, 0.5) is 0 Å². The first-order valence-corrected chi connectivity index (χ1v) is 9.41. The molecule has 1 saturated heterocycles. The number of carbonyl (C=O) groups is 4. The molecule has 25 heavy (non-hydrogen) atoms. The van der Waals surface area contributed by atoms with Crippen LogP contribution in [0.1, 0.15) is 64.7 Å². The standard InChI is InChI=1S/C18H27N3O4/c1-11(19-15(22)9-12-5-3-2-4-6-12)18(25)21(13-7-8-13)14-10-16(23)20-17(14)24/h11-14H,2-10H2,1H3,(H,19,22)(H,20,23,24)/t11-,14-/m1/s1. The van der Waals surface area contributed by atoms with Gasteiger partial charge in [-0.15, -0.1) is 0 Å². The number of amides is 4. The van der Waals surface area contributed by atoms with Gasteiger partial charge in [-0.3, -0.25) is 24.5 Å². The largest absolute Gasteiger partial charge is 0.345 e. The van der Waals surface area contributed by atoms with Gasteiger partial charge in [-0.1, -0.05) is 19.3 Å². The van der Waals surface area contributed by atoms with Gasteiger partial charge >= 0.3 is 0 Å². The Hall–Kier alpha value is -1.92. The molecule has 138 valence electrons. The van der Waals surface area contributed by atoms with Gasteiger partial charge in [0, 0.05) is 12.5 Å². The van der Waals surface area contributed by atoms with E-state index in [4.69, 9.17) is 0 Å². The molecular weight excluding hydrogens is 322 g/mol. The molecule has 7 nitrogen and oxygen atoms in total. The Morgan fingerprint density at radius 3 is 2.40 bits per heavy atom. The molecule has 1 aliphatic heterocycles. The van der Waals surface area contributed by atoms with Crippen molar-refractivity contribution in [3.63, 3.8) is 0 Å². The van der Waals surface area contributed by atoms with E-state index in [0.717, 1.165) is 25.7 Å². The van der Waals surface area contributed by atoms with Gasteiger partial charge in [-0.25, -0.2) is 0 Å². The van der Waals surface area contributed by atoms with Crippen molar-refractivity contribution in [1.82, 2.24) is 15.5 Å². The summed E-state index contributed by atoms with van der Waals surface area (Å²) >= 11 is 0. The van der Waals surface area contributed by atoms with Gasteiger partial charge < -0.3 is 10.2 Å². The summed E-state index contributed by atoms with van der Waals surface area (Å²) in [6.07, 6.45) is 7.90. The third-order valence-electron chi connectivity index (χ3n) is 5.42. The van der Waals surface area contributed by atoms with Crippen LogP contribution in [-0.2, 0) is 19.2 Å². The van der Waals surface area contributed by atoms with Crippen molar-refractivity contribution in [3.8, 4) is 0 Å². The number of carbonyl (C=O) groups excluding carboxylic acids is 4. The topological polar surface area (TPSA) is 95.6 Å². The van der Waals surface area contributed by atoms with E-state index in [1.807, 2.05) is 0 Å². The molecule has 2 saturated carbocycles. The SMILES string of the molecule is C[C@@H](NC(=O)CC1CCCCC1)C(=O)N(C1CC1)[C@@H]1CC(=O)NC1=O. The van der Waals surface area contributed by atoms with Crippen molar-refractivity contribution in [3.05, 3.63) is 0 Å². The maximum Gasteiger partial charge on any atom is 0.249 e. The van der Waals surface area contributed by atoms with Gasteiger partial charge in [0.25, 0.3) is 0 Å². The number of nitrogens with one attached hydrogen (secondary N) is 2. The molecule has 0 spiro atoms. The highest BCUT2D eigenvalue weighted by Crippen LogP contribution is 2.31. The molecule has 2 aliphatic carbocycles. The van der Waals surface area contributed by atoms with Crippen LogP contribution in [0.3, 0.4) is 0 Å². The summed E-state index contributed by atoms with van der Waals surface area (Å²) in [6.45, 7) is 1.66. The summed E-state index contributed by atoms with van der Waals surface area (Å²) in [7, 11) is 0. The lowest BCUT2D eigenvalue weighted by Crippen LogP contribution is -2.53. The van der Waals surface area contributed by atoms with Gasteiger partial charge in [-0.2, -0.15) is 0 Å². The molecule has 0 unspecified atom stereocenters. The third-order valence-corrected chi connectivity index (χ3v) is 5.42. The van der Waals surface area contributed by atoms with E-state index in [2.05, 4.69) is 10.6 Å². The van der Waals surface area contributed by atoms with E-state index in [0.29, 0.717) is 12.3 Å². The van der Waals surface area contributed by atoms with Crippen LogP contribution in [0.2, 0.25) is 0 Å². The first-order chi connectivity index (χ1) is 12.0. The molecule has 2 atom stereocenters. The maximum atomic E-state index is 12.8. The fourth-order valence-electron chi connectivity index (χ4n) is 3.94. The summed E-state index contributed by atoms with van der Waals surface area (Å²) < 4.78 is 0. The molecule has 0 aromatic rings. The van der Waals surface area contributed by atoms with E-state index < -0.39 is 18.0 Å². The fraction of sp³-hybridized carbons (Fsp3) is 0.778. The van der Waals surface area contributed by atoms with Gasteiger partial charge in [0.1, 0.15) is 12.1 Å². The molecule has 0 aromatic heterocycles. The van der Waals surface area contributed by atoms with Crippen molar-refractivity contribution in [2.45, 2.75) is 82.8 Å². The lowest BCUT2D eigenvalue weighted by atomic mass is 9.87. The van der Waals surface area contributed by atoms with E-state index in [1.54, 1.807) is 6.92 Å². The first-order valence-electron chi connectivity index (χ1n) is 9.41. The van der Waals surface area contributed by atoms with Gasteiger partial charge in [-0.05, 0) is 38.5 Å². The van der Waals surface area contributed by atoms with Gasteiger partial charge in [0.05, 0.1) is 6.42 Å². The van der Waals surface area contributed by atoms with Crippen molar-refractivity contribution in [2.24, 2.45) is 5.92 Å². The molecule has 3 fully saturated rings. The molecule has 4 amide bonds. The zero-order chi connectivity index (χ0) is 18.0. The van der Waals surface area contributed by atoms with E-state index in [-0.39, 0.29) is 30.2 Å². The second-order valence-electron chi connectivity index (χ2n) is 7.61. The molecule has 0 radical (unpaired) electrons. The molecule has 2 N–H and O–H groups in total. The molecule has 1 heterocycles. The summed E-state index contributed by atoms with van der Waals surface area (Å²) in [5, 5.41) is 5.05. The minimum absolute atomic E-state index is 0.00634. The Morgan fingerprint density at radius 1 is 1.16 bits per heavy atom. The van der Waals surface area contributed by atoms with Crippen molar-refractivity contribution in [1.29, 1.82) is 0 Å². The van der Waals surface area contributed by atoms with Crippen LogP contribution in [-0.4, -0.2) is 46.7 Å². The number of hydrogen-bond donors (Lipinski definition) is 2. The smallest absolute Gasteiger partial charge is 0.249 e. The molecule has 0 bridgehead atoms. The number of imide groups is 1. The molecule has 7 heteroatoms. The predicted octanol–water partition coefficient (Wildman–Crippen LogP) is 0.868. The summed E-state index contributed by atoms with van der Waals surface area (Å²) in [5.74, 6) is -0.716. The second kappa shape index (κ2) is 7.54. The number of nitrogens with zero attached hydrogens (tertiary/aromatic N) is 1. The predicted molar refractivity (Wildman–Crippen MR) is 90.2 cm³/mol. The third kappa shape index (κ3) is 4.38. The minimum Gasteiger partial charge on any atom is -0.345 e. The van der Waals surface area contributed by atoms with Gasteiger partial charge in [0.15, 0.2) is 0 Å². The van der Waals surface area contributed by atoms with Crippen molar-refractivity contribution >= 4 is 23.6 Å². The zero-order valence-electron chi connectivity index (χ0n) is 14.8. The zero-order valence-corrected chi connectivity index (χ0v) is 14.8. The Balaban J connectivity index is 1.56. The monoisotopic (exact) mass is 349 g/mol. The van der Waals surface area contributed by atoms with Crippen LogP contribution in [0.5, 0.6) is 0 Å². The Labute approximate surface area is 147 Å². The highest BCUT2D eigenvalue weighted by Gasteiger charge is 2.45. The summed E-state index contributed by atoms with van der Waals surface area (Å²) in [5.41, 5.74) is 0. The average Bonchev–Trinajstić information content (AvgIpc) is 3.34. The molecule has 3 aliphatic rings. The van der Waals surface area contributed by atoms with Crippen LogP contribution in [0, 0.1) is 5.92 Å². The first kappa shape index (κ1) is 17.9. The Morgan fingerprint density at radius 2 is 1.84 bits per heavy atom.